The minimum Gasteiger partial charge on any atom is -0.444 e. The molecule has 27 heavy (non-hydrogen) atoms. The molecule has 1 atom stereocenters. The molecule has 1 fully saturated rings. The van der Waals surface area contributed by atoms with Gasteiger partial charge in [-0.3, -0.25) is 0 Å². The molecule has 5 nitrogen and oxygen atoms in total. The fourth-order valence-electron chi connectivity index (χ4n) is 2.63. The molecule has 1 unspecified atom stereocenters. The number of nitrogens with one attached hydrogen (secondary N) is 1. The molecule has 0 bridgehead atoms. The van der Waals surface area contributed by atoms with Gasteiger partial charge in [0.1, 0.15) is 11.4 Å². The van der Waals surface area contributed by atoms with Crippen molar-refractivity contribution in [3.8, 4) is 0 Å². The third-order valence-electron chi connectivity index (χ3n) is 4.85. The first kappa shape index (κ1) is 22.0. The van der Waals surface area contributed by atoms with E-state index in [-0.39, 0.29) is 10.5 Å². The lowest BCUT2D eigenvalue weighted by Crippen LogP contribution is -2.41. The number of hydrogen-bond acceptors (Lipinski definition) is 4. The van der Waals surface area contributed by atoms with Crippen LogP contribution >= 0.6 is 11.6 Å². The lowest BCUT2D eigenvalue weighted by molar-refractivity contribution is 0.00578. The third-order valence-corrected chi connectivity index (χ3v) is 5.23. The first-order valence-electron chi connectivity index (χ1n) is 8.97. The van der Waals surface area contributed by atoms with Gasteiger partial charge < -0.3 is 19.4 Å². The number of alkyl carbamates (subject to hydrolysis) is 1. The Bertz CT molecular complexity index is 717. The molecule has 150 valence electrons. The molecule has 0 saturated carbocycles. The fraction of sp³-hybridized carbons (Fsp3) is 0.632. The van der Waals surface area contributed by atoms with Gasteiger partial charge in [0, 0.05) is 5.46 Å². The zero-order valence-corrected chi connectivity index (χ0v) is 18.0. The highest BCUT2D eigenvalue weighted by atomic mass is 35.5. The van der Waals surface area contributed by atoms with Crippen LogP contribution in [-0.4, -0.2) is 30.0 Å². The Hall–Kier alpha value is -1.31. The molecule has 0 spiro atoms. The summed E-state index contributed by atoms with van der Waals surface area (Å²) in [7, 11) is -0.851. The van der Waals surface area contributed by atoms with Gasteiger partial charge in [0.25, 0.3) is 0 Å². The first-order chi connectivity index (χ1) is 12.1. The molecule has 1 heterocycles. The maximum atomic E-state index is 15.0. The van der Waals surface area contributed by atoms with Crippen molar-refractivity contribution in [3.05, 3.63) is 28.5 Å². The second-order valence-electron chi connectivity index (χ2n) is 8.83. The summed E-state index contributed by atoms with van der Waals surface area (Å²) in [6, 6.07) is 2.70. The van der Waals surface area contributed by atoms with Crippen LogP contribution in [0.5, 0.6) is 0 Å². The van der Waals surface area contributed by atoms with Gasteiger partial charge in [0.05, 0.1) is 22.3 Å². The van der Waals surface area contributed by atoms with E-state index >= 15 is 0 Å². The number of hydrogen-bond donors (Lipinski definition) is 1. The zero-order valence-electron chi connectivity index (χ0n) is 17.2. The van der Waals surface area contributed by atoms with Crippen molar-refractivity contribution < 1.29 is 23.2 Å². The van der Waals surface area contributed by atoms with Gasteiger partial charge in [-0.15, -0.1) is 0 Å². The van der Waals surface area contributed by atoms with E-state index in [0.29, 0.717) is 5.56 Å². The van der Waals surface area contributed by atoms with E-state index in [4.69, 9.17) is 25.6 Å². The summed E-state index contributed by atoms with van der Waals surface area (Å²) in [6.45, 7) is 14.6. The molecule has 1 aromatic carbocycles. The third kappa shape index (κ3) is 4.76. The molecule has 1 N–H and O–H groups in total. The van der Waals surface area contributed by atoms with Crippen molar-refractivity contribution >= 4 is 30.3 Å². The number of carbonyl (C=O) groups is 1. The van der Waals surface area contributed by atoms with Crippen LogP contribution in [0, 0.1) is 5.82 Å². The van der Waals surface area contributed by atoms with Gasteiger partial charge in [-0.05, 0) is 61.0 Å². The van der Waals surface area contributed by atoms with Gasteiger partial charge >= 0.3 is 13.2 Å². The summed E-state index contributed by atoms with van der Waals surface area (Å²) < 4.78 is 32.0. The second kappa shape index (κ2) is 7.26. The summed E-state index contributed by atoms with van der Waals surface area (Å²) >= 11 is 6.25. The Morgan fingerprint density at radius 1 is 1.22 bits per heavy atom. The lowest BCUT2D eigenvalue weighted by Gasteiger charge is -2.32. The molecular formula is C19H28BClFNO4. The molecule has 1 aliphatic rings. The topological polar surface area (TPSA) is 56.8 Å². The van der Waals surface area contributed by atoms with Crippen molar-refractivity contribution in [1.29, 1.82) is 0 Å². The quantitative estimate of drug-likeness (QED) is 0.767. The number of benzene rings is 1. The smallest absolute Gasteiger partial charge is 0.444 e. The predicted molar refractivity (Wildman–Crippen MR) is 105 cm³/mol. The van der Waals surface area contributed by atoms with Crippen LogP contribution in [0.25, 0.3) is 0 Å². The monoisotopic (exact) mass is 399 g/mol. The van der Waals surface area contributed by atoms with E-state index in [0.717, 1.165) is 0 Å². The van der Waals surface area contributed by atoms with Crippen molar-refractivity contribution in [2.45, 2.75) is 78.2 Å². The number of amides is 1. The van der Waals surface area contributed by atoms with Crippen LogP contribution in [0.2, 0.25) is 5.02 Å². The standard InChI is InChI=1S/C19H28BClFNO4/c1-11(23-16(24)25-17(2,3)4)12-9-10-13(15(22)14(12)21)20-26-18(5,6)19(7,8)27-20/h9-11H,1-8H3,(H,23,24). The van der Waals surface area contributed by atoms with Crippen LogP contribution in [0.1, 0.15) is 67.0 Å². The Morgan fingerprint density at radius 3 is 2.22 bits per heavy atom. The van der Waals surface area contributed by atoms with E-state index in [9.17, 15) is 9.18 Å². The second-order valence-corrected chi connectivity index (χ2v) is 9.21. The number of ether oxygens (including phenoxy) is 1. The molecule has 0 aromatic heterocycles. The summed E-state index contributed by atoms with van der Waals surface area (Å²) in [5, 5.41) is 2.58. The Kier molecular flexibility index (Phi) is 5.91. The van der Waals surface area contributed by atoms with E-state index in [1.807, 2.05) is 27.7 Å². The van der Waals surface area contributed by atoms with Crippen LogP contribution in [0.15, 0.2) is 12.1 Å². The number of carbonyl (C=O) groups excluding carboxylic acids is 1. The van der Waals surface area contributed by atoms with Crippen LogP contribution < -0.4 is 10.8 Å². The van der Waals surface area contributed by atoms with Crippen molar-refractivity contribution in [2.75, 3.05) is 0 Å². The first-order valence-corrected chi connectivity index (χ1v) is 9.35. The summed E-state index contributed by atoms with van der Waals surface area (Å²) in [4.78, 5) is 11.9. The average molecular weight is 400 g/mol. The molecular weight excluding hydrogens is 371 g/mol. The molecule has 0 aliphatic carbocycles. The maximum absolute atomic E-state index is 15.0. The minimum atomic E-state index is -0.851. The van der Waals surface area contributed by atoms with Gasteiger partial charge in [-0.2, -0.15) is 0 Å². The molecule has 8 heteroatoms. The van der Waals surface area contributed by atoms with Crippen molar-refractivity contribution in [1.82, 2.24) is 5.32 Å². The Balaban J connectivity index is 2.21. The molecule has 1 aliphatic heterocycles. The van der Waals surface area contributed by atoms with E-state index < -0.39 is 41.9 Å². The van der Waals surface area contributed by atoms with Crippen molar-refractivity contribution in [3.63, 3.8) is 0 Å². The van der Waals surface area contributed by atoms with Gasteiger partial charge in [0.15, 0.2) is 0 Å². The summed E-state index contributed by atoms with van der Waals surface area (Å²) in [5.74, 6) is -0.620. The maximum Gasteiger partial charge on any atom is 0.497 e. The van der Waals surface area contributed by atoms with Crippen LogP contribution in [0.4, 0.5) is 9.18 Å². The van der Waals surface area contributed by atoms with E-state index in [1.165, 1.54) is 0 Å². The zero-order chi connectivity index (χ0) is 20.8. The normalized spacial score (nSPS) is 19.7. The molecule has 2 rings (SSSR count). The fourth-order valence-corrected chi connectivity index (χ4v) is 2.96. The lowest BCUT2D eigenvalue weighted by atomic mass is 9.78. The largest absolute Gasteiger partial charge is 0.497 e. The molecule has 1 aromatic rings. The van der Waals surface area contributed by atoms with Gasteiger partial charge in [0.2, 0.25) is 0 Å². The SMILES string of the molecule is CC(NC(=O)OC(C)(C)C)c1ccc(B2OC(C)(C)C(C)(C)O2)c(F)c1Cl. The molecule has 1 saturated heterocycles. The Labute approximate surface area is 166 Å². The number of halogens is 2. The summed E-state index contributed by atoms with van der Waals surface area (Å²) in [6.07, 6.45) is -0.596. The molecule has 1 amide bonds. The predicted octanol–water partition coefficient (Wildman–Crippen LogP) is 4.36. The summed E-state index contributed by atoms with van der Waals surface area (Å²) in [5.41, 5.74) is -1.12. The highest BCUT2D eigenvalue weighted by Crippen LogP contribution is 2.37. The number of rotatable bonds is 3. The average Bonchev–Trinajstić information content (AvgIpc) is 2.67. The van der Waals surface area contributed by atoms with Crippen LogP contribution in [-0.2, 0) is 14.0 Å². The highest BCUT2D eigenvalue weighted by molar-refractivity contribution is 6.62. The highest BCUT2D eigenvalue weighted by Gasteiger charge is 2.52. The van der Waals surface area contributed by atoms with Gasteiger partial charge in [-0.1, -0.05) is 23.7 Å². The van der Waals surface area contributed by atoms with E-state index in [1.54, 1.807) is 39.8 Å². The van der Waals surface area contributed by atoms with E-state index in [2.05, 4.69) is 5.32 Å². The van der Waals surface area contributed by atoms with Crippen molar-refractivity contribution in [2.24, 2.45) is 0 Å². The minimum absolute atomic E-state index is 0.0780. The Morgan fingerprint density at radius 2 is 1.74 bits per heavy atom. The van der Waals surface area contributed by atoms with Gasteiger partial charge in [-0.25, -0.2) is 9.18 Å². The molecule has 0 radical (unpaired) electrons. The van der Waals surface area contributed by atoms with Crippen LogP contribution in [0.3, 0.4) is 0 Å².